The number of sulfonamides is 1. The van der Waals surface area contributed by atoms with Crippen LogP contribution in [-0.2, 0) is 26.2 Å². The molecule has 0 unspecified atom stereocenters. The third kappa shape index (κ3) is 9.84. The van der Waals surface area contributed by atoms with Crippen molar-refractivity contribution in [2.75, 3.05) is 32.8 Å². The van der Waals surface area contributed by atoms with E-state index in [4.69, 9.17) is 24.5 Å². The summed E-state index contributed by atoms with van der Waals surface area (Å²) in [5, 5.41) is 14.2. The number of nitrogens with zero attached hydrogens (tertiary/aromatic N) is 3. The van der Waals surface area contributed by atoms with Crippen LogP contribution in [0.5, 0.6) is 5.75 Å². The lowest BCUT2D eigenvalue weighted by Gasteiger charge is -2.44. The molecular formula is C25H29F6N3O7S. The van der Waals surface area contributed by atoms with Gasteiger partial charge in [-0.3, -0.25) is 9.88 Å². The summed E-state index contributed by atoms with van der Waals surface area (Å²) < 4.78 is 97.5. The van der Waals surface area contributed by atoms with Gasteiger partial charge in [0.05, 0.1) is 12.3 Å². The third-order valence-corrected chi connectivity index (χ3v) is 8.34. The topological polar surface area (TPSA) is 137 Å². The molecule has 0 aliphatic carbocycles. The molecule has 0 bridgehead atoms. The van der Waals surface area contributed by atoms with Crippen LogP contribution in [0, 0.1) is 5.41 Å². The number of ether oxygens (including phenoxy) is 1. The van der Waals surface area contributed by atoms with Gasteiger partial charge in [0.2, 0.25) is 10.0 Å². The molecule has 3 heterocycles. The summed E-state index contributed by atoms with van der Waals surface area (Å²) in [7, 11) is -3.55. The Kier molecular flexibility index (Phi) is 11.7. The predicted octanol–water partition coefficient (Wildman–Crippen LogP) is 4.03. The van der Waals surface area contributed by atoms with E-state index in [-0.39, 0.29) is 10.3 Å². The van der Waals surface area contributed by atoms with Crippen molar-refractivity contribution in [2.45, 2.75) is 43.6 Å². The summed E-state index contributed by atoms with van der Waals surface area (Å²) in [5.74, 6) is -5.05. The number of carboxylic acid groups (broad SMARTS) is 2. The maximum Gasteiger partial charge on any atom is 0.490 e. The molecule has 1 aromatic heterocycles. The van der Waals surface area contributed by atoms with E-state index in [1.807, 2.05) is 37.4 Å². The van der Waals surface area contributed by atoms with Crippen molar-refractivity contribution in [3.05, 3.63) is 54.4 Å². The fourth-order valence-corrected chi connectivity index (χ4v) is 5.84. The lowest BCUT2D eigenvalue weighted by atomic mass is 9.78. The van der Waals surface area contributed by atoms with Gasteiger partial charge in [0.25, 0.3) is 0 Å². The van der Waals surface area contributed by atoms with Gasteiger partial charge >= 0.3 is 24.3 Å². The van der Waals surface area contributed by atoms with E-state index < -0.39 is 34.3 Å². The largest absolute Gasteiger partial charge is 0.492 e. The van der Waals surface area contributed by atoms with Gasteiger partial charge in [0, 0.05) is 31.2 Å². The van der Waals surface area contributed by atoms with Crippen LogP contribution in [0.2, 0.25) is 0 Å². The average molecular weight is 630 g/mol. The fourth-order valence-electron chi connectivity index (χ4n) is 4.15. The Balaban J connectivity index is 0.000000367. The molecule has 42 heavy (non-hydrogen) atoms. The number of para-hydroxylation sites is 1. The number of piperidine rings is 1. The number of halogens is 6. The number of rotatable bonds is 3. The number of alkyl halides is 6. The van der Waals surface area contributed by atoms with Gasteiger partial charge in [-0.15, -0.1) is 0 Å². The van der Waals surface area contributed by atoms with Crippen LogP contribution in [0.3, 0.4) is 0 Å². The van der Waals surface area contributed by atoms with Gasteiger partial charge in [-0.1, -0.05) is 25.1 Å². The molecule has 1 saturated heterocycles. The second-order valence-corrected chi connectivity index (χ2v) is 11.3. The summed E-state index contributed by atoms with van der Waals surface area (Å²) >= 11 is 0. The van der Waals surface area contributed by atoms with Crippen LogP contribution >= 0.6 is 0 Å². The second-order valence-electron chi connectivity index (χ2n) is 9.37. The van der Waals surface area contributed by atoms with Crippen molar-refractivity contribution in [3.63, 3.8) is 0 Å². The van der Waals surface area contributed by atoms with Gasteiger partial charge in [-0.05, 0) is 50.2 Å². The van der Waals surface area contributed by atoms with E-state index >= 15 is 0 Å². The van der Waals surface area contributed by atoms with E-state index in [2.05, 4.69) is 9.88 Å². The van der Waals surface area contributed by atoms with E-state index in [9.17, 15) is 34.8 Å². The Morgan fingerprint density at radius 2 is 1.48 bits per heavy atom. The van der Waals surface area contributed by atoms with Crippen LogP contribution in [0.4, 0.5) is 26.3 Å². The SMILES string of the molecule is CCN1CC2(CCN(Cc3ccccn3)CC2)COc2ccccc2S1(=O)=O.O=C(O)C(F)(F)F.O=C(O)C(F)(F)F. The monoisotopic (exact) mass is 629 g/mol. The molecule has 2 aromatic rings. The minimum absolute atomic E-state index is 0.156. The highest BCUT2D eigenvalue weighted by atomic mass is 32.2. The molecule has 1 fully saturated rings. The highest BCUT2D eigenvalue weighted by Gasteiger charge is 2.42. The van der Waals surface area contributed by atoms with Crippen molar-refractivity contribution in [1.29, 1.82) is 0 Å². The Labute approximate surface area is 237 Å². The van der Waals surface area contributed by atoms with Crippen molar-refractivity contribution < 1.29 is 59.3 Å². The lowest BCUT2D eigenvalue weighted by molar-refractivity contribution is -0.193. The molecule has 4 rings (SSSR count). The summed E-state index contributed by atoms with van der Waals surface area (Å²) in [6.07, 6.45) is -6.52. The number of aliphatic carboxylic acids is 2. The number of aromatic nitrogens is 1. The third-order valence-electron chi connectivity index (χ3n) is 6.38. The van der Waals surface area contributed by atoms with Crippen LogP contribution in [0.25, 0.3) is 0 Å². The van der Waals surface area contributed by atoms with E-state index in [0.29, 0.717) is 25.4 Å². The number of likely N-dealkylation sites (tertiary alicyclic amines) is 1. The van der Waals surface area contributed by atoms with Gasteiger partial charge in [-0.25, -0.2) is 18.0 Å². The standard InChI is InChI=1S/C21H27N3O3S.2C2HF3O2/c1-2-24-16-21(17-27-19-8-3-4-9-20(19)28(24,25)26)10-13-23(14-11-21)15-18-7-5-6-12-22-18;2*3-2(4,5)1(6)7/h3-9,12H,2,10-11,13-17H2,1H3;2*(H,6,7). The molecule has 2 N–H and O–H groups in total. The van der Waals surface area contributed by atoms with E-state index in [1.165, 1.54) is 0 Å². The van der Waals surface area contributed by atoms with Crippen LogP contribution in [-0.4, -0.2) is 89.9 Å². The molecule has 0 atom stereocenters. The zero-order chi connectivity index (χ0) is 31.8. The number of pyridine rings is 1. The maximum atomic E-state index is 13.2. The van der Waals surface area contributed by atoms with E-state index in [0.717, 1.165) is 38.2 Å². The zero-order valence-electron chi connectivity index (χ0n) is 22.2. The average Bonchev–Trinajstić information content (AvgIpc) is 2.91. The maximum absolute atomic E-state index is 13.2. The summed E-state index contributed by atoms with van der Waals surface area (Å²) in [6, 6.07) is 13.0. The molecule has 2 aliphatic heterocycles. The lowest BCUT2D eigenvalue weighted by Crippen LogP contribution is -2.51. The zero-order valence-corrected chi connectivity index (χ0v) is 23.0. The van der Waals surface area contributed by atoms with E-state index in [1.54, 1.807) is 22.5 Å². The van der Waals surface area contributed by atoms with Gasteiger partial charge in [0.1, 0.15) is 10.6 Å². The molecule has 1 spiro atoms. The van der Waals surface area contributed by atoms with Crippen LogP contribution in [0.15, 0.2) is 53.6 Å². The summed E-state index contributed by atoms with van der Waals surface area (Å²) in [5.41, 5.74) is 0.913. The number of hydrogen-bond acceptors (Lipinski definition) is 7. The number of fused-ring (bicyclic) bond motifs is 1. The Morgan fingerprint density at radius 3 is 1.95 bits per heavy atom. The highest BCUT2D eigenvalue weighted by Crippen LogP contribution is 2.39. The molecule has 234 valence electrons. The van der Waals surface area contributed by atoms with Crippen LogP contribution < -0.4 is 4.74 Å². The highest BCUT2D eigenvalue weighted by molar-refractivity contribution is 7.89. The number of hydrogen-bond donors (Lipinski definition) is 2. The van der Waals surface area contributed by atoms with Crippen molar-refractivity contribution in [1.82, 2.24) is 14.2 Å². The van der Waals surface area contributed by atoms with Gasteiger partial charge in [0.15, 0.2) is 0 Å². The molecule has 1 aromatic carbocycles. The Hall–Kier alpha value is -3.44. The Bertz CT molecular complexity index is 1280. The minimum atomic E-state index is -5.08. The molecule has 0 amide bonds. The molecule has 10 nitrogen and oxygen atoms in total. The number of carbonyl (C=O) groups is 2. The van der Waals surface area contributed by atoms with Gasteiger partial charge in [-0.2, -0.15) is 30.6 Å². The first-order chi connectivity index (χ1) is 19.4. The first-order valence-corrected chi connectivity index (χ1v) is 13.8. The van der Waals surface area contributed by atoms with Crippen molar-refractivity contribution >= 4 is 22.0 Å². The van der Waals surface area contributed by atoms with Gasteiger partial charge < -0.3 is 14.9 Å². The normalized spacial score (nSPS) is 18.5. The predicted molar refractivity (Wildman–Crippen MR) is 135 cm³/mol. The number of benzene rings is 1. The minimum Gasteiger partial charge on any atom is -0.492 e. The Morgan fingerprint density at radius 1 is 0.952 bits per heavy atom. The first-order valence-electron chi connectivity index (χ1n) is 12.4. The van der Waals surface area contributed by atoms with Crippen LogP contribution in [0.1, 0.15) is 25.5 Å². The molecular weight excluding hydrogens is 600 g/mol. The molecule has 0 radical (unpaired) electrons. The van der Waals surface area contributed by atoms with Crippen molar-refractivity contribution in [3.8, 4) is 5.75 Å². The first kappa shape index (κ1) is 34.8. The van der Waals surface area contributed by atoms with Crippen molar-refractivity contribution in [2.24, 2.45) is 5.41 Å². The summed E-state index contributed by atoms with van der Waals surface area (Å²) in [6.45, 7) is 6.10. The number of carboxylic acids is 2. The summed E-state index contributed by atoms with van der Waals surface area (Å²) in [4.78, 5) is 24.9. The smallest absolute Gasteiger partial charge is 0.490 e. The second kappa shape index (κ2) is 14.2. The molecule has 17 heteroatoms. The molecule has 0 saturated carbocycles. The molecule has 2 aliphatic rings. The quantitative estimate of drug-likeness (QED) is 0.482. The fraction of sp³-hybridized carbons (Fsp3) is 0.480.